The Morgan fingerprint density at radius 1 is 0.275 bits per heavy atom. The number of fused-ring (bicyclic) bond motifs is 10. The van der Waals surface area contributed by atoms with Crippen molar-refractivity contribution in [3.63, 3.8) is 0 Å². The molecule has 4 heteroatoms. The Labute approximate surface area is 462 Å². The zero-order valence-corrected chi connectivity index (χ0v) is 44.8. The van der Waals surface area contributed by atoms with Crippen molar-refractivity contribution < 1.29 is 8.83 Å². The molecule has 0 fully saturated rings. The van der Waals surface area contributed by atoms with Crippen molar-refractivity contribution >= 4 is 132 Å². The van der Waals surface area contributed by atoms with Crippen LogP contribution in [0.1, 0.15) is 22.3 Å². The van der Waals surface area contributed by atoms with Crippen molar-refractivity contribution in [1.29, 1.82) is 0 Å². The number of para-hydroxylation sites is 4. The second kappa shape index (κ2) is 17.7. The molecule has 0 atom stereocenters. The highest BCUT2D eigenvalue weighted by molar-refractivity contribution is 6.29. The van der Waals surface area contributed by atoms with Crippen molar-refractivity contribution in [1.82, 2.24) is 0 Å². The van der Waals surface area contributed by atoms with Crippen LogP contribution < -0.4 is 9.80 Å². The third-order valence-electron chi connectivity index (χ3n) is 17.0. The molecule has 2 heterocycles. The molecule has 0 saturated carbocycles. The van der Waals surface area contributed by atoms with Crippen LogP contribution in [0.2, 0.25) is 0 Å². The van der Waals surface area contributed by atoms with Gasteiger partial charge in [-0.25, -0.2) is 0 Å². The predicted octanol–water partition coefficient (Wildman–Crippen LogP) is 22.2. The maximum Gasteiger partial charge on any atom is 0.143 e. The van der Waals surface area contributed by atoms with Crippen LogP contribution >= 0.6 is 0 Å². The van der Waals surface area contributed by atoms with Gasteiger partial charge in [-0.3, -0.25) is 0 Å². The fourth-order valence-corrected chi connectivity index (χ4v) is 13.6. The summed E-state index contributed by atoms with van der Waals surface area (Å²) in [6, 6.07) is 88.5. The van der Waals surface area contributed by atoms with E-state index in [4.69, 9.17) is 8.83 Å². The number of furan rings is 2. The van der Waals surface area contributed by atoms with Crippen molar-refractivity contribution in [2.45, 2.75) is 27.7 Å². The van der Waals surface area contributed by atoms with E-state index in [0.29, 0.717) is 0 Å². The lowest BCUT2D eigenvalue weighted by Gasteiger charge is -2.32. The average Bonchev–Trinajstić information content (AvgIpc) is 4.22. The second-order valence-corrected chi connectivity index (χ2v) is 21.7. The summed E-state index contributed by atoms with van der Waals surface area (Å²) in [6.45, 7) is 9.02. The van der Waals surface area contributed by atoms with Crippen LogP contribution in [0.4, 0.5) is 34.1 Å². The standard InChI is InChI=1S/C76H52N2O2/c1-45-41-53(59-25-15-27-63-71-57-23-13-11-17-49(57)33-39-67(71)79-75(59)63)42-46(2)73(45)77(55-19-7-5-8-20-55)65-37-31-51-30-36-62-66(38-32-52-29-35-61(65)69(51)70(52)62)78(56-21-9-6-10-22-56)74-47(3)43-54(44-48(74)4)60-26-16-28-64-72-58-24-14-12-18-50(58)34-40-68(72)80-76(60)64/h5-44H,1-4H3. The van der Waals surface area contributed by atoms with E-state index < -0.39 is 0 Å². The summed E-state index contributed by atoms with van der Waals surface area (Å²) >= 11 is 0. The SMILES string of the molecule is Cc1cc(-c2cccc3c2oc2ccc4ccccc4c23)cc(C)c1N(c1ccccc1)c1ccc2ccc3c(N(c4ccccc4)c4c(C)cc(-c5cccc6c5oc5ccc7ccccc7c56)cc4C)ccc4ccc1c2c43. The molecule has 0 saturated heterocycles. The number of benzene rings is 14. The summed E-state index contributed by atoms with van der Waals surface area (Å²) < 4.78 is 13.5. The van der Waals surface area contributed by atoms with Gasteiger partial charge in [-0.2, -0.15) is 0 Å². The molecule has 0 radical (unpaired) electrons. The first kappa shape index (κ1) is 46.0. The minimum Gasteiger partial charge on any atom is -0.455 e. The summed E-state index contributed by atoms with van der Waals surface area (Å²) in [5.74, 6) is 0. The number of aryl methyl sites for hydroxylation is 4. The summed E-state index contributed by atoms with van der Waals surface area (Å²) in [6.07, 6.45) is 0. The van der Waals surface area contributed by atoms with Gasteiger partial charge in [-0.05, 0) is 177 Å². The van der Waals surface area contributed by atoms with Crippen LogP contribution in [-0.4, -0.2) is 0 Å². The molecule has 4 nitrogen and oxygen atoms in total. The fraction of sp³-hybridized carbons (Fsp3) is 0.0526. The number of nitrogens with zero attached hydrogens (tertiary/aromatic N) is 2. The summed E-state index contributed by atoms with van der Waals surface area (Å²) in [4.78, 5) is 4.96. The van der Waals surface area contributed by atoms with Gasteiger partial charge >= 0.3 is 0 Å². The van der Waals surface area contributed by atoms with Crippen LogP contribution in [-0.2, 0) is 0 Å². The predicted molar refractivity (Wildman–Crippen MR) is 339 cm³/mol. The second-order valence-electron chi connectivity index (χ2n) is 21.7. The number of anilines is 6. The summed E-state index contributed by atoms with van der Waals surface area (Å²) in [5, 5.41) is 16.7. The third kappa shape index (κ3) is 6.88. The smallest absolute Gasteiger partial charge is 0.143 e. The summed E-state index contributed by atoms with van der Waals surface area (Å²) in [5.41, 5.74) is 19.6. The zero-order valence-electron chi connectivity index (χ0n) is 44.8. The quantitative estimate of drug-likeness (QED) is 0.142. The number of rotatable bonds is 8. The summed E-state index contributed by atoms with van der Waals surface area (Å²) in [7, 11) is 0. The van der Waals surface area contributed by atoms with Gasteiger partial charge in [0.05, 0.1) is 22.7 Å². The Bertz CT molecular complexity index is 4810. The Kier molecular flexibility index (Phi) is 10.2. The van der Waals surface area contributed by atoms with Crippen molar-refractivity contribution in [2.75, 3.05) is 9.80 Å². The number of hydrogen-bond donors (Lipinski definition) is 0. The van der Waals surface area contributed by atoms with Crippen molar-refractivity contribution in [2.24, 2.45) is 0 Å². The Hall–Kier alpha value is -10.2. The van der Waals surface area contributed by atoms with Crippen molar-refractivity contribution in [3.05, 3.63) is 265 Å². The monoisotopic (exact) mass is 1020 g/mol. The minimum absolute atomic E-state index is 0.905. The molecule has 0 spiro atoms. The van der Waals surface area contributed by atoms with Crippen LogP contribution in [0.5, 0.6) is 0 Å². The van der Waals surface area contributed by atoms with Gasteiger partial charge in [0.2, 0.25) is 0 Å². The van der Waals surface area contributed by atoms with E-state index >= 15 is 0 Å². The maximum absolute atomic E-state index is 6.77. The van der Waals surface area contributed by atoms with E-state index in [9.17, 15) is 0 Å². The first-order chi connectivity index (χ1) is 39.3. The fourth-order valence-electron chi connectivity index (χ4n) is 13.6. The molecular formula is C76H52N2O2. The molecule has 0 unspecified atom stereocenters. The lowest BCUT2D eigenvalue weighted by atomic mass is 9.90. The zero-order chi connectivity index (χ0) is 53.3. The van der Waals surface area contributed by atoms with Gasteiger partial charge in [-0.1, -0.05) is 170 Å². The first-order valence-corrected chi connectivity index (χ1v) is 27.6. The molecule has 0 N–H and O–H groups in total. The van der Waals surface area contributed by atoms with Gasteiger partial charge in [-0.15, -0.1) is 0 Å². The van der Waals surface area contributed by atoms with E-state index in [1.807, 2.05) is 0 Å². The van der Waals surface area contributed by atoms with Gasteiger partial charge < -0.3 is 18.6 Å². The number of hydrogen-bond acceptors (Lipinski definition) is 4. The molecule has 0 bridgehead atoms. The molecule has 0 aliphatic carbocycles. The lowest BCUT2D eigenvalue weighted by molar-refractivity contribution is 0.670. The van der Waals surface area contributed by atoms with E-state index in [0.717, 1.165) is 100 Å². The van der Waals surface area contributed by atoms with E-state index in [1.165, 1.54) is 76.1 Å². The largest absolute Gasteiger partial charge is 0.455 e. The lowest BCUT2D eigenvalue weighted by Crippen LogP contribution is -2.14. The van der Waals surface area contributed by atoms with E-state index in [2.05, 4.69) is 280 Å². The van der Waals surface area contributed by atoms with E-state index in [1.54, 1.807) is 0 Å². The van der Waals surface area contributed by atoms with Crippen molar-refractivity contribution in [3.8, 4) is 22.3 Å². The van der Waals surface area contributed by atoms with Gasteiger partial charge in [0.1, 0.15) is 22.3 Å². The highest BCUT2D eigenvalue weighted by atomic mass is 16.3. The third-order valence-corrected chi connectivity index (χ3v) is 17.0. The van der Waals surface area contributed by atoms with Crippen LogP contribution in [0.3, 0.4) is 0 Å². The molecule has 80 heavy (non-hydrogen) atoms. The first-order valence-electron chi connectivity index (χ1n) is 27.6. The maximum atomic E-state index is 6.77. The minimum atomic E-state index is 0.905. The van der Waals surface area contributed by atoms with Crippen LogP contribution in [0.25, 0.3) is 120 Å². The Morgan fingerprint density at radius 3 is 1.06 bits per heavy atom. The normalized spacial score (nSPS) is 12.0. The molecular weight excluding hydrogens is 973 g/mol. The Morgan fingerprint density at radius 2 is 0.637 bits per heavy atom. The van der Waals surface area contributed by atoms with Crippen LogP contribution in [0.15, 0.2) is 251 Å². The molecule has 2 aromatic heterocycles. The molecule has 16 rings (SSSR count). The molecule has 14 aromatic carbocycles. The highest BCUT2D eigenvalue weighted by Crippen LogP contribution is 2.51. The topological polar surface area (TPSA) is 32.8 Å². The molecule has 0 aliphatic heterocycles. The van der Waals surface area contributed by atoms with Crippen LogP contribution in [0, 0.1) is 27.7 Å². The van der Waals surface area contributed by atoms with Gasteiger partial charge in [0, 0.05) is 54.8 Å². The Balaban J connectivity index is 0.849. The van der Waals surface area contributed by atoms with Gasteiger partial charge in [0.15, 0.2) is 0 Å². The van der Waals surface area contributed by atoms with Gasteiger partial charge in [0.25, 0.3) is 0 Å². The molecule has 378 valence electrons. The average molecular weight is 1030 g/mol. The molecule has 0 amide bonds. The molecule has 16 aromatic rings. The highest BCUT2D eigenvalue weighted by Gasteiger charge is 2.26. The molecule has 0 aliphatic rings. The van der Waals surface area contributed by atoms with E-state index in [-0.39, 0.29) is 0 Å².